The molecule has 0 aliphatic carbocycles. The molecule has 1 amide bonds. The van der Waals surface area contributed by atoms with Crippen molar-refractivity contribution in [3.8, 4) is 0 Å². The standard InChI is InChI=1S/C14H19BrN2O3S/c1-4-8-16-14(18)7-9-17(21(3,19)20)12-5-6-13(15)11(2)10-12/h4-6,10H,1,7-9H2,2-3H3,(H,16,18). The summed E-state index contributed by atoms with van der Waals surface area (Å²) in [5.41, 5.74) is 1.48. The van der Waals surface area contributed by atoms with Crippen molar-refractivity contribution in [1.29, 1.82) is 0 Å². The molecule has 0 aliphatic heterocycles. The zero-order chi connectivity index (χ0) is 16.0. The largest absolute Gasteiger partial charge is 0.353 e. The van der Waals surface area contributed by atoms with Crippen LogP contribution in [0.15, 0.2) is 35.3 Å². The Labute approximate surface area is 134 Å². The number of nitrogens with zero attached hydrogens (tertiary/aromatic N) is 1. The van der Waals surface area contributed by atoms with Crippen LogP contribution in [0.2, 0.25) is 0 Å². The summed E-state index contributed by atoms with van der Waals surface area (Å²) < 4.78 is 26.0. The van der Waals surface area contributed by atoms with Crippen LogP contribution in [0.5, 0.6) is 0 Å². The highest BCUT2D eigenvalue weighted by Gasteiger charge is 2.18. The van der Waals surface area contributed by atoms with Crippen molar-refractivity contribution < 1.29 is 13.2 Å². The Kier molecular flexibility index (Phi) is 6.42. The topological polar surface area (TPSA) is 66.5 Å². The number of aryl methyl sites for hydroxylation is 1. The summed E-state index contributed by atoms with van der Waals surface area (Å²) in [5, 5.41) is 2.63. The highest BCUT2D eigenvalue weighted by Crippen LogP contribution is 2.24. The minimum Gasteiger partial charge on any atom is -0.353 e. The molecule has 1 N–H and O–H groups in total. The summed E-state index contributed by atoms with van der Waals surface area (Å²) in [6.07, 6.45) is 2.80. The lowest BCUT2D eigenvalue weighted by atomic mass is 10.2. The first kappa shape index (κ1) is 17.7. The summed E-state index contributed by atoms with van der Waals surface area (Å²) in [4.78, 5) is 11.6. The fourth-order valence-electron chi connectivity index (χ4n) is 1.75. The second-order valence-electron chi connectivity index (χ2n) is 4.61. The van der Waals surface area contributed by atoms with Crippen molar-refractivity contribution in [3.05, 3.63) is 40.9 Å². The van der Waals surface area contributed by atoms with Gasteiger partial charge in [0.2, 0.25) is 15.9 Å². The highest BCUT2D eigenvalue weighted by molar-refractivity contribution is 9.10. The number of hydrogen-bond acceptors (Lipinski definition) is 3. The molecule has 0 bridgehead atoms. The maximum absolute atomic E-state index is 11.9. The summed E-state index contributed by atoms with van der Waals surface area (Å²) >= 11 is 3.38. The molecule has 116 valence electrons. The van der Waals surface area contributed by atoms with Crippen LogP contribution in [0.4, 0.5) is 5.69 Å². The van der Waals surface area contributed by atoms with Gasteiger partial charge in [-0.25, -0.2) is 8.42 Å². The van der Waals surface area contributed by atoms with Crippen molar-refractivity contribution in [2.75, 3.05) is 23.7 Å². The lowest BCUT2D eigenvalue weighted by Gasteiger charge is -2.22. The number of sulfonamides is 1. The SMILES string of the molecule is C=CCNC(=O)CCN(c1ccc(Br)c(C)c1)S(C)(=O)=O. The van der Waals surface area contributed by atoms with Gasteiger partial charge in [0.15, 0.2) is 0 Å². The van der Waals surface area contributed by atoms with Gasteiger partial charge in [0.05, 0.1) is 11.9 Å². The lowest BCUT2D eigenvalue weighted by molar-refractivity contribution is -0.120. The van der Waals surface area contributed by atoms with Gasteiger partial charge in [-0.3, -0.25) is 9.10 Å². The molecule has 0 atom stereocenters. The number of amides is 1. The number of carbonyl (C=O) groups excluding carboxylic acids is 1. The predicted octanol–water partition coefficient (Wildman–Crippen LogP) is 2.22. The van der Waals surface area contributed by atoms with E-state index < -0.39 is 10.0 Å². The Hall–Kier alpha value is -1.34. The van der Waals surface area contributed by atoms with Crippen LogP contribution in [0.1, 0.15) is 12.0 Å². The summed E-state index contributed by atoms with van der Waals surface area (Å²) in [5.74, 6) is -0.211. The van der Waals surface area contributed by atoms with E-state index in [1.165, 1.54) is 4.31 Å². The number of halogens is 1. The van der Waals surface area contributed by atoms with Crippen LogP contribution in [0.3, 0.4) is 0 Å². The third-order valence-corrected chi connectivity index (χ3v) is 4.90. The maximum atomic E-state index is 11.9. The van der Waals surface area contributed by atoms with Gasteiger partial charge in [0, 0.05) is 24.0 Å². The first-order valence-electron chi connectivity index (χ1n) is 6.37. The minimum atomic E-state index is -3.45. The Morgan fingerprint density at radius 1 is 1.48 bits per heavy atom. The van der Waals surface area contributed by atoms with Crippen molar-refractivity contribution in [2.24, 2.45) is 0 Å². The molecular formula is C14H19BrN2O3S. The van der Waals surface area contributed by atoms with Crippen molar-refractivity contribution in [2.45, 2.75) is 13.3 Å². The molecule has 0 saturated heterocycles. The summed E-state index contributed by atoms with van der Waals surface area (Å²) in [7, 11) is -3.45. The molecule has 1 aromatic rings. The maximum Gasteiger partial charge on any atom is 0.232 e. The predicted molar refractivity (Wildman–Crippen MR) is 88.9 cm³/mol. The van der Waals surface area contributed by atoms with Gasteiger partial charge in [-0.1, -0.05) is 22.0 Å². The van der Waals surface area contributed by atoms with Crippen molar-refractivity contribution >= 4 is 37.5 Å². The zero-order valence-corrected chi connectivity index (χ0v) is 14.5. The van der Waals surface area contributed by atoms with E-state index in [4.69, 9.17) is 0 Å². The number of hydrogen-bond donors (Lipinski definition) is 1. The quantitative estimate of drug-likeness (QED) is 0.744. The Balaban J connectivity index is 2.89. The number of carbonyl (C=O) groups is 1. The average Bonchev–Trinajstić information content (AvgIpc) is 2.39. The molecule has 5 nitrogen and oxygen atoms in total. The smallest absolute Gasteiger partial charge is 0.232 e. The molecule has 1 aromatic carbocycles. The van der Waals surface area contributed by atoms with Crippen LogP contribution >= 0.6 is 15.9 Å². The molecule has 0 saturated carbocycles. The molecule has 0 aromatic heterocycles. The fourth-order valence-corrected chi connectivity index (χ4v) is 2.91. The monoisotopic (exact) mass is 374 g/mol. The summed E-state index contributed by atoms with van der Waals surface area (Å²) in [6, 6.07) is 5.27. The molecule has 0 aliphatic rings. The van der Waals surface area contributed by atoms with E-state index >= 15 is 0 Å². The van der Waals surface area contributed by atoms with Crippen LogP contribution in [0, 0.1) is 6.92 Å². The van der Waals surface area contributed by atoms with Gasteiger partial charge in [-0.05, 0) is 30.7 Å². The van der Waals surface area contributed by atoms with E-state index in [9.17, 15) is 13.2 Å². The van der Waals surface area contributed by atoms with E-state index in [0.29, 0.717) is 12.2 Å². The van der Waals surface area contributed by atoms with Crippen LogP contribution in [0.25, 0.3) is 0 Å². The van der Waals surface area contributed by atoms with E-state index in [1.807, 2.05) is 6.92 Å². The van der Waals surface area contributed by atoms with Gasteiger partial charge >= 0.3 is 0 Å². The van der Waals surface area contributed by atoms with Gasteiger partial charge in [-0.2, -0.15) is 0 Å². The Morgan fingerprint density at radius 2 is 2.14 bits per heavy atom. The van der Waals surface area contributed by atoms with Crippen molar-refractivity contribution in [1.82, 2.24) is 5.32 Å². The number of benzene rings is 1. The van der Waals surface area contributed by atoms with E-state index in [0.717, 1.165) is 16.3 Å². The minimum absolute atomic E-state index is 0.0933. The molecule has 21 heavy (non-hydrogen) atoms. The van der Waals surface area contributed by atoms with Crippen LogP contribution in [-0.4, -0.2) is 33.7 Å². The van der Waals surface area contributed by atoms with Gasteiger partial charge in [0.25, 0.3) is 0 Å². The van der Waals surface area contributed by atoms with Crippen molar-refractivity contribution in [3.63, 3.8) is 0 Å². The zero-order valence-electron chi connectivity index (χ0n) is 12.1. The molecule has 0 spiro atoms. The molecule has 0 fully saturated rings. The molecule has 0 unspecified atom stereocenters. The highest BCUT2D eigenvalue weighted by atomic mass is 79.9. The first-order valence-corrected chi connectivity index (χ1v) is 9.01. The van der Waals surface area contributed by atoms with Crippen LogP contribution in [-0.2, 0) is 14.8 Å². The Bertz CT molecular complexity index is 629. The van der Waals surface area contributed by atoms with Gasteiger partial charge in [-0.15, -0.1) is 6.58 Å². The van der Waals surface area contributed by atoms with Gasteiger partial charge in [0.1, 0.15) is 0 Å². The molecule has 7 heteroatoms. The number of rotatable bonds is 7. The van der Waals surface area contributed by atoms with Gasteiger partial charge < -0.3 is 5.32 Å². The van der Waals surface area contributed by atoms with E-state index in [1.54, 1.807) is 24.3 Å². The number of anilines is 1. The normalized spacial score (nSPS) is 11.0. The molecule has 0 radical (unpaired) electrons. The van der Waals surface area contributed by atoms with E-state index in [-0.39, 0.29) is 18.9 Å². The second-order valence-corrected chi connectivity index (χ2v) is 7.37. The second kappa shape index (κ2) is 7.61. The van der Waals surface area contributed by atoms with Crippen LogP contribution < -0.4 is 9.62 Å². The molecule has 0 heterocycles. The average molecular weight is 375 g/mol. The fraction of sp³-hybridized carbons (Fsp3) is 0.357. The molecule has 1 rings (SSSR count). The lowest BCUT2D eigenvalue weighted by Crippen LogP contribution is -2.34. The number of nitrogens with one attached hydrogen (secondary N) is 1. The summed E-state index contributed by atoms with van der Waals surface area (Å²) in [6.45, 7) is 5.86. The van der Waals surface area contributed by atoms with E-state index in [2.05, 4.69) is 27.8 Å². The first-order chi connectivity index (χ1) is 9.75. The third kappa shape index (κ3) is 5.51. The molecular weight excluding hydrogens is 356 g/mol. The third-order valence-electron chi connectivity index (χ3n) is 2.82. The Morgan fingerprint density at radius 3 is 2.67 bits per heavy atom.